The lowest BCUT2D eigenvalue weighted by molar-refractivity contribution is -0.146. The standard InChI is InChI=1S/C14H20N2O4S/c1-14(2,13(19)20)9-16-11(17)6-3-7-15-12(18)10-5-4-8-21-10/h4-5,8H,3,6-7,9H2,1-2H3,(H,15,18)(H,16,17)(H,19,20). The van der Waals surface area contributed by atoms with Gasteiger partial charge in [-0.15, -0.1) is 11.3 Å². The number of carboxylic acid groups (broad SMARTS) is 1. The second-order valence-corrected chi connectivity index (χ2v) is 6.25. The Balaban J connectivity index is 2.17. The molecule has 21 heavy (non-hydrogen) atoms. The molecule has 0 saturated carbocycles. The summed E-state index contributed by atoms with van der Waals surface area (Å²) < 4.78 is 0. The predicted molar refractivity (Wildman–Crippen MR) is 80.3 cm³/mol. The minimum absolute atomic E-state index is 0.0860. The van der Waals surface area contributed by atoms with Crippen molar-refractivity contribution in [1.82, 2.24) is 10.6 Å². The highest BCUT2D eigenvalue weighted by atomic mass is 32.1. The van der Waals surface area contributed by atoms with Gasteiger partial charge in [-0.05, 0) is 31.7 Å². The number of thiophene rings is 1. The molecule has 6 nitrogen and oxygen atoms in total. The molecule has 0 aromatic carbocycles. The van der Waals surface area contributed by atoms with E-state index in [1.54, 1.807) is 26.0 Å². The quantitative estimate of drug-likeness (QED) is 0.634. The lowest BCUT2D eigenvalue weighted by Crippen LogP contribution is -2.39. The third kappa shape index (κ3) is 5.95. The van der Waals surface area contributed by atoms with E-state index in [1.807, 2.05) is 5.38 Å². The number of hydrogen-bond acceptors (Lipinski definition) is 4. The number of rotatable bonds is 8. The zero-order valence-electron chi connectivity index (χ0n) is 12.1. The van der Waals surface area contributed by atoms with Gasteiger partial charge in [0, 0.05) is 19.5 Å². The van der Waals surface area contributed by atoms with Gasteiger partial charge in [-0.1, -0.05) is 6.07 Å². The molecule has 0 atom stereocenters. The van der Waals surface area contributed by atoms with Crippen molar-refractivity contribution < 1.29 is 19.5 Å². The Morgan fingerprint density at radius 3 is 2.57 bits per heavy atom. The average Bonchev–Trinajstić information content (AvgIpc) is 2.95. The van der Waals surface area contributed by atoms with Crippen LogP contribution < -0.4 is 10.6 Å². The van der Waals surface area contributed by atoms with Crippen molar-refractivity contribution in [3.63, 3.8) is 0 Å². The molecule has 116 valence electrons. The monoisotopic (exact) mass is 312 g/mol. The van der Waals surface area contributed by atoms with Crippen LogP contribution in [0, 0.1) is 5.41 Å². The van der Waals surface area contributed by atoms with Crippen LogP contribution in [0.25, 0.3) is 0 Å². The van der Waals surface area contributed by atoms with Gasteiger partial charge in [0.15, 0.2) is 0 Å². The fourth-order valence-electron chi connectivity index (χ4n) is 1.43. The summed E-state index contributed by atoms with van der Waals surface area (Å²) >= 11 is 1.36. The van der Waals surface area contributed by atoms with Crippen LogP contribution in [0.5, 0.6) is 0 Å². The molecule has 2 amide bonds. The Kier molecular flexibility index (Phi) is 6.36. The number of carbonyl (C=O) groups is 3. The molecule has 1 heterocycles. The Morgan fingerprint density at radius 2 is 2.00 bits per heavy atom. The topological polar surface area (TPSA) is 95.5 Å². The van der Waals surface area contributed by atoms with Crippen LogP contribution in [0.3, 0.4) is 0 Å². The molecule has 1 aromatic heterocycles. The van der Waals surface area contributed by atoms with E-state index in [0.717, 1.165) is 0 Å². The lowest BCUT2D eigenvalue weighted by atomic mass is 9.94. The maximum atomic E-state index is 11.6. The maximum absolute atomic E-state index is 11.6. The minimum atomic E-state index is -0.983. The first-order valence-electron chi connectivity index (χ1n) is 6.65. The molecule has 0 fully saturated rings. The number of hydrogen-bond donors (Lipinski definition) is 3. The number of carbonyl (C=O) groups excluding carboxylic acids is 2. The van der Waals surface area contributed by atoms with E-state index in [1.165, 1.54) is 11.3 Å². The van der Waals surface area contributed by atoms with Gasteiger partial charge >= 0.3 is 5.97 Å². The summed E-state index contributed by atoms with van der Waals surface area (Å²) in [7, 11) is 0. The van der Waals surface area contributed by atoms with E-state index in [9.17, 15) is 14.4 Å². The zero-order valence-corrected chi connectivity index (χ0v) is 13.0. The number of amides is 2. The molecule has 0 aliphatic heterocycles. The SMILES string of the molecule is CC(C)(CNC(=O)CCCNC(=O)c1cccs1)C(=O)O. The molecular formula is C14H20N2O4S. The van der Waals surface area contributed by atoms with Crippen LogP contribution in [-0.2, 0) is 9.59 Å². The van der Waals surface area contributed by atoms with Gasteiger partial charge in [0.1, 0.15) is 0 Å². The highest BCUT2D eigenvalue weighted by Gasteiger charge is 2.27. The van der Waals surface area contributed by atoms with Gasteiger partial charge in [0.25, 0.3) is 5.91 Å². The van der Waals surface area contributed by atoms with Crippen LogP contribution in [0.15, 0.2) is 17.5 Å². The summed E-state index contributed by atoms with van der Waals surface area (Å²) in [6.07, 6.45) is 0.761. The maximum Gasteiger partial charge on any atom is 0.310 e. The van der Waals surface area contributed by atoms with E-state index in [2.05, 4.69) is 10.6 Å². The number of carboxylic acids is 1. The summed E-state index contributed by atoms with van der Waals surface area (Å²) in [5.74, 6) is -1.31. The number of aliphatic carboxylic acids is 1. The third-order valence-electron chi connectivity index (χ3n) is 2.92. The Labute approximate surface area is 127 Å². The molecule has 0 bridgehead atoms. The predicted octanol–water partition coefficient (Wildman–Crippen LogP) is 1.49. The van der Waals surface area contributed by atoms with Crippen molar-refractivity contribution in [1.29, 1.82) is 0 Å². The van der Waals surface area contributed by atoms with E-state index in [0.29, 0.717) is 17.8 Å². The summed E-state index contributed by atoms with van der Waals surface area (Å²) in [4.78, 5) is 34.7. The summed E-state index contributed by atoms with van der Waals surface area (Å²) in [6.45, 7) is 3.60. The van der Waals surface area contributed by atoms with E-state index < -0.39 is 11.4 Å². The van der Waals surface area contributed by atoms with Crippen molar-refractivity contribution in [2.75, 3.05) is 13.1 Å². The van der Waals surface area contributed by atoms with E-state index in [-0.39, 0.29) is 24.8 Å². The molecule has 0 aliphatic rings. The highest BCUT2D eigenvalue weighted by molar-refractivity contribution is 7.12. The fraction of sp³-hybridized carbons (Fsp3) is 0.500. The molecule has 0 radical (unpaired) electrons. The Bertz CT molecular complexity index is 497. The molecular weight excluding hydrogens is 292 g/mol. The van der Waals surface area contributed by atoms with E-state index in [4.69, 9.17) is 5.11 Å². The molecule has 1 aromatic rings. The van der Waals surface area contributed by atoms with Crippen LogP contribution in [-0.4, -0.2) is 36.0 Å². The number of nitrogens with one attached hydrogen (secondary N) is 2. The molecule has 1 rings (SSSR count). The smallest absolute Gasteiger partial charge is 0.310 e. The fourth-order valence-corrected chi connectivity index (χ4v) is 2.07. The first-order chi connectivity index (χ1) is 9.83. The van der Waals surface area contributed by atoms with Crippen LogP contribution in [0.4, 0.5) is 0 Å². The summed E-state index contributed by atoms with van der Waals surface area (Å²) in [5, 5.41) is 16.1. The highest BCUT2D eigenvalue weighted by Crippen LogP contribution is 2.13. The lowest BCUT2D eigenvalue weighted by Gasteiger charge is -2.19. The Hall–Kier alpha value is -1.89. The molecule has 0 unspecified atom stereocenters. The van der Waals surface area contributed by atoms with Crippen molar-refractivity contribution in [2.45, 2.75) is 26.7 Å². The van der Waals surface area contributed by atoms with Gasteiger partial charge in [0.05, 0.1) is 10.3 Å². The summed E-state index contributed by atoms with van der Waals surface area (Å²) in [6, 6.07) is 3.54. The zero-order chi connectivity index (χ0) is 15.9. The first kappa shape index (κ1) is 17.2. The molecule has 0 saturated heterocycles. The van der Waals surface area contributed by atoms with Gasteiger partial charge in [-0.2, -0.15) is 0 Å². The first-order valence-corrected chi connectivity index (χ1v) is 7.53. The molecule has 0 spiro atoms. The van der Waals surface area contributed by atoms with Gasteiger partial charge in [-0.25, -0.2) is 0 Å². The van der Waals surface area contributed by atoms with Crippen LogP contribution in [0.1, 0.15) is 36.4 Å². The third-order valence-corrected chi connectivity index (χ3v) is 3.79. The van der Waals surface area contributed by atoms with Crippen molar-refractivity contribution in [3.05, 3.63) is 22.4 Å². The normalized spacial score (nSPS) is 11.0. The van der Waals surface area contributed by atoms with Crippen molar-refractivity contribution in [3.8, 4) is 0 Å². The molecule has 0 aliphatic carbocycles. The average molecular weight is 312 g/mol. The van der Waals surface area contributed by atoms with E-state index >= 15 is 0 Å². The second-order valence-electron chi connectivity index (χ2n) is 5.30. The minimum Gasteiger partial charge on any atom is -0.481 e. The molecule has 3 N–H and O–H groups in total. The van der Waals surface area contributed by atoms with Gasteiger partial charge in [-0.3, -0.25) is 14.4 Å². The van der Waals surface area contributed by atoms with Gasteiger partial charge < -0.3 is 15.7 Å². The Morgan fingerprint density at radius 1 is 1.29 bits per heavy atom. The van der Waals surface area contributed by atoms with Crippen molar-refractivity contribution >= 4 is 29.1 Å². The van der Waals surface area contributed by atoms with Crippen LogP contribution in [0.2, 0.25) is 0 Å². The van der Waals surface area contributed by atoms with Crippen molar-refractivity contribution in [2.24, 2.45) is 5.41 Å². The summed E-state index contributed by atoms with van der Waals surface area (Å²) in [5.41, 5.74) is -0.983. The van der Waals surface area contributed by atoms with Gasteiger partial charge in [0.2, 0.25) is 5.91 Å². The largest absolute Gasteiger partial charge is 0.481 e. The van der Waals surface area contributed by atoms with Crippen LogP contribution >= 0.6 is 11.3 Å². The second kappa shape index (κ2) is 7.78. The molecule has 7 heteroatoms.